The van der Waals surface area contributed by atoms with Crippen LogP contribution in [0.25, 0.3) is 16.7 Å². The van der Waals surface area contributed by atoms with Crippen LogP contribution in [0.15, 0.2) is 48.8 Å². The predicted molar refractivity (Wildman–Crippen MR) is 87.5 cm³/mol. The van der Waals surface area contributed by atoms with E-state index in [9.17, 15) is 0 Å². The average Bonchev–Trinajstić information content (AvgIpc) is 3.00. The first-order valence-corrected chi connectivity index (χ1v) is 7.15. The van der Waals surface area contributed by atoms with Gasteiger partial charge in [0.25, 0.3) is 0 Å². The van der Waals surface area contributed by atoms with Crippen molar-refractivity contribution in [3.8, 4) is 0 Å². The topological polar surface area (TPSA) is 55.1 Å². The van der Waals surface area contributed by atoms with E-state index in [1.807, 2.05) is 28.7 Å². The van der Waals surface area contributed by atoms with Crippen molar-refractivity contribution < 1.29 is 0 Å². The molecule has 0 aliphatic heterocycles. The Bertz CT molecular complexity index is 987. The number of rotatable bonds is 2. The highest BCUT2D eigenvalue weighted by Crippen LogP contribution is 2.25. The van der Waals surface area contributed by atoms with Gasteiger partial charge in [-0.05, 0) is 37.6 Å². The zero-order chi connectivity index (χ0) is 15.1. The van der Waals surface area contributed by atoms with Gasteiger partial charge in [0.2, 0.25) is 5.65 Å². The molecule has 5 nitrogen and oxygen atoms in total. The summed E-state index contributed by atoms with van der Waals surface area (Å²) in [5, 5.41) is 11.6. The molecule has 0 unspecified atom stereocenters. The third-order valence-corrected chi connectivity index (χ3v) is 3.77. The number of nitrogens with one attached hydrogen (secondary N) is 1. The number of aromatic nitrogens is 4. The Morgan fingerprint density at radius 3 is 2.77 bits per heavy atom. The molecule has 0 aliphatic carbocycles. The number of benzene rings is 2. The van der Waals surface area contributed by atoms with Crippen molar-refractivity contribution in [1.82, 2.24) is 19.6 Å². The molecule has 0 bridgehead atoms. The molecule has 2 aromatic carbocycles. The highest BCUT2D eigenvalue weighted by molar-refractivity contribution is 5.84. The van der Waals surface area contributed by atoms with Crippen LogP contribution in [0.5, 0.6) is 0 Å². The number of aryl methyl sites for hydroxylation is 2. The van der Waals surface area contributed by atoms with Gasteiger partial charge in [0.1, 0.15) is 6.33 Å². The molecule has 0 spiro atoms. The van der Waals surface area contributed by atoms with Gasteiger partial charge in [-0.15, -0.1) is 10.2 Å². The summed E-state index contributed by atoms with van der Waals surface area (Å²) in [6.07, 6.45) is 1.71. The van der Waals surface area contributed by atoms with E-state index in [1.165, 1.54) is 11.1 Å². The standard InChI is InChI=1S/C17H15N5/c1-11-7-8-13(12(2)9-11)19-16-17-21-18-10-22(17)15-6-4-3-5-14(15)20-16/h3-10H,1-2H3,(H,19,20). The van der Waals surface area contributed by atoms with Crippen LogP contribution < -0.4 is 5.32 Å². The van der Waals surface area contributed by atoms with Gasteiger partial charge in [-0.2, -0.15) is 0 Å². The minimum Gasteiger partial charge on any atom is -0.337 e. The fraction of sp³-hybridized carbons (Fsp3) is 0.118. The lowest BCUT2D eigenvalue weighted by molar-refractivity contribution is 1.11. The summed E-state index contributed by atoms with van der Waals surface area (Å²) in [6, 6.07) is 14.3. The maximum atomic E-state index is 4.70. The van der Waals surface area contributed by atoms with Crippen molar-refractivity contribution in [2.24, 2.45) is 0 Å². The maximum Gasteiger partial charge on any atom is 0.204 e. The highest BCUT2D eigenvalue weighted by atomic mass is 15.3. The lowest BCUT2D eigenvalue weighted by Crippen LogP contribution is -2.01. The van der Waals surface area contributed by atoms with Gasteiger partial charge in [0.15, 0.2) is 5.82 Å². The molecule has 5 heteroatoms. The first kappa shape index (κ1) is 12.8. The van der Waals surface area contributed by atoms with Crippen molar-refractivity contribution in [1.29, 1.82) is 0 Å². The fourth-order valence-corrected chi connectivity index (χ4v) is 2.67. The van der Waals surface area contributed by atoms with Gasteiger partial charge < -0.3 is 5.32 Å². The number of anilines is 2. The van der Waals surface area contributed by atoms with Crippen molar-refractivity contribution >= 4 is 28.2 Å². The van der Waals surface area contributed by atoms with E-state index in [4.69, 9.17) is 4.98 Å². The minimum absolute atomic E-state index is 0.711. The third kappa shape index (κ3) is 1.98. The molecule has 2 aromatic heterocycles. The van der Waals surface area contributed by atoms with Crippen LogP contribution in [0.2, 0.25) is 0 Å². The molecule has 4 rings (SSSR count). The third-order valence-electron chi connectivity index (χ3n) is 3.77. The van der Waals surface area contributed by atoms with Crippen LogP contribution in [0, 0.1) is 13.8 Å². The average molecular weight is 289 g/mol. The van der Waals surface area contributed by atoms with Crippen LogP contribution in [0.4, 0.5) is 11.5 Å². The molecule has 0 saturated carbocycles. The smallest absolute Gasteiger partial charge is 0.204 e. The molecule has 0 saturated heterocycles. The van der Waals surface area contributed by atoms with E-state index < -0.39 is 0 Å². The molecule has 1 N–H and O–H groups in total. The lowest BCUT2D eigenvalue weighted by Gasteiger charge is -2.11. The number of hydrogen-bond acceptors (Lipinski definition) is 4. The molecule has 0 radical (unpaired) electrons. The first-order chi connectivity index (χ1) is 10.7. The van der Waals surface area contributed by atoms with E-state index in [0.29, 0.717) is 5.82 Å². The summed E-state index contributed by atoms with van der Waals surface area (Å²) < 4.78 is 1.95. The fourth-order valence-electron chi connectivity index (χ4n) is 2.67. The summed E-state index contributed by atoms with van der Waals surface area (Å²) in [5.41, 5.74) is 6.06. The van der Waals surface area contributed by atoms with Crippen LogP contribution in [-0.4, -0.2) is 19.6 Å². The van der Waals surface area contributed by atoms with Crippen molar-refractivity contribution in [2.45, 2.75) is 13.8 Å². The van der Waals surface area contributed by atoms with Gasteiger partial charge >= 0.3 is 0 Å². The second-order valence-corrected chi connectivity index (χ2v) is 5.42. The van der Waals surface area contributed by atoms with E-state index in [2.05, 4.69) is 47.6 Å². The van der Waals surface area contributed by atoms with E-state index in [-0.39, 0.29) is 0 Å². The second-order valence-electron chi connectivity index (χ2n) is 5.42. The van der Waals surface area contributed by atoms with Crippen LogP contribution in [0.1, 0.15) is 11.1 Å². The molecule has 0 atom stereocenters. The van der Waals surface area contributed by atoms with Crippen LogP contribution in [0.3, 0.4) is 0 Å². The summed E-state index contributed by atoms with van der Waals surface area (Å²) in [5.74, 6) is 0.711. The molecule has 0 amide bonds. The van der Waals surface area contributed by atoms with E-state index in [1.54, 1.807) is 6.33 Å². The number of hydrogen-bond donors (Lipinski definition) is 1. The highest BCUT2D eigenvalue weighted by Gasteiger charge is 2.11. The largest absolute Gasteiger partial charge is 0.337 e. The summed E-state index contributed by atoms with van der Waals surface area (Å²) in [4.78, 5) is 4.70. The minimum atomic E-state index is 0.711. The second kappa shape index (κ2) is 4.80. The SMILES string of the molecule is Cc1ccc(Nc2nc3ccccc3n3cnnc23)c(C)c1. The summed E-state index contributed by atoms with van der Waals surface area (Å²) in [6.45, 7) is 4.17. The van der Waals surface area contributed by atoms with Crippen LogP contribution in [-0.2, 0) is 0 Å². The molecular formula is C17H15N5. The number of para-hydroxylation sites is 2. The van der Waals surface area contributed by atoms with Gasteiger partial charge in [0.05, 0.1) is 11.0 Å². The molecule has 108 valence electrons. The Morgan fingerprint density at radius 1 is 1.05 bits per heavy atom. The Morgan fingerprint density at radius 2 is 1.91 bits per heavy atom. The predicted octanol–water partition coefficient (Wildman–Crippen LogP) is 3.64. The molecule has 0 fully saturated rings. The normalized spacial score (nSPS) is 11.2. The van der Waals surface area contributed by atoms with Crippen LogP contribution >= 0.6 is 0 Å². The van der Waals surface area contributed by atoms with Crippen molar-refractivity contribution in [3.63, 3.8) is 0 Å². The molecule has 4 aromatic rings. The monoisotopic (exact) mass is 289 g/mol. The quantitative estimate of drug-likeness (QED) is 0.612. The Kier molecular flexibility index (Phi) is 2.79. The Balaban J connectivity index is 1.91. The van der Waals surface area contributed by atoms with E-state index in [0.717, 1.165) is 22.4 Å². The lowest BCUT2D eigenvalue weighted by atomic mass is 10.1. The van der Waals surface area contributed by atoms with Gasteiger partial charge in [-0.3, -0.25) is 4.40 Å². The molecular weight excluding hydrogens is 274 g/mol. The molecule has 0 aliphatic rings. The van der Waals surface area contributed by atoms with Crippen molar-refractivity contribution in [3.05, 3.63) is 59.9 Å². The summed E-state index contributed by atoms with van der Waals surface area (Å²) in [7, 11) is 0. The Hall–Kier alpha value is -2.95. The first-order valence-electron chi connectivity index (χ1n) is 7.15. The molecule has 2 heterocycles. The zero-order valence-corrected chi connectivity index (χ0v) is 12.4. The van der Waals surface area contributed by atoms with Gasteiger partial charge in [-0.1, -0.05) is 29.8 Å². The summed E-state index contributed by atoms with van der Waals surface area (Å²) >= 11 is 0. The maximum absolute atomic E-state index is 4.70. The van der Waals surface area contributed by atoms with Crippen molar-refractivity contribution in [2.75, 3.05) is 5.32 Å². The van der Waals surface area contributed by atoms with Gasteiger partial charge in [0, 0.05) is 5.69 Å². The number of nitrogens with zero attached hydrogens (tertiary/aromatic N) is 4. The Labute approximate surface area is 127 Å². The van der Waals surface area contributed by atoms with E-state index >= 15 is 0 Å². The zero-order valence-electron chi connectivity index (χ0n) is 12.4. The molecule has 22 heavy (non-hydrogen) atoms. The number of fused-ring (bicyclic) bond motifs is 3. The van der Waals surface area contributed by atoms with Gasteiger partial charge in [-0.25, -0.2) is 4.98 Å².